The second kappa shape index (κ2) is 7.76. The molecule has 0 aliphatic carbocycles. The molecule has 0 radical (unpaired) electrons. The van der Waals surface area contributed by atoms with Gasteiger partial charge in [0.25, 0.3) is 5.91 Å². The van der Waals surface area contributed by atoms with Gasteiger partial charge in [-0.1, -0.05) is 18.2 Å². The van der Waals surface area contributed by atoms with Crippen LogP contribution in [0.1, 0.15) is 40.3 Å². The lowest BCUT2D eigenvalue weighted by Gasteiger charge is -2.21. The van der Waals surface area contributed by atoms with E-state index in [0.717, 1.165) is 35.0 Å². The summed E-state index contributed by atoms with van der Waals surface area (Å²) >= 11 is 0. The molecule has 1 aliphatic rings. The number of ether oxygens (including phenoxy) is 2. The molecule has 1 atom stereocenters. The third kappa shape index (κ3) is 3.86. The van der Waals surface area contributed by atoms with Crippen molar-refractivity contribution in [1.29, 1.82) is 0 Å². The number of aryl methyl sites for hydroxylation is 1. The Morgan fingerprint density at radius 1 is 1.14 bits per heavy atom. The molecule has 3 aromatic rings. The van der Waals surface area contributed by atoms with Crippen LogP contribution in [0.4, 0.5) is 0 Å². The monoisotopic (exact) mass is 377 g/mol. The number of amides is 1. The van der Waals surface area contributed by atoms with Crippen LogP contribution >= 0.6 is 0 Å². The fraction of sp³-hybridized carbons (Fsp3) is 0.273. The average Bonchev–Trinajstić information content (AvgIpc) is 3.12. The number of carbonyl (C=O) groups excluding carboxylic acids is 1. The maximum Gasteiger partial charge on any atom is 0.251 e. The number of rotatable bonds is 5. The van der Waals surface area contributed by atoms with Crippen LogP contribution in [0.25, 0.3) is 0 Å². The highest BCUT2D eigenvalue weighted by atomic mass is 16.6. The van der Waals surface area contributed by atoms with E-state index in [1.165, 1.54) is 0 Å². The highest BCUT2D eigenvalue weighted by Gasteiger charge is 2.16. The largest absolute Gasteiger partial charge is 0.486 e. The summed E-state index contributed by atoms with van der Waals surface area (Å²) in [6.07, 6.45) is 3.74. The Morgan fingerprint density at radius 3 is 2.61 bits per heavy atom. The third-order valence-electron chi connectivity index (χ3n) is 4.91. The lowest BCUT2D eigenvalue weighted by molar-refractivity contribution is 0.0939. The molecule has 1 N–H and O–H groups in total. The number of hydrogen-bond donors (Lipinski definition) is 1. The van der Waals surface area contributed by atoms with Gasteiger partial charge in [0, 0.05) is 24.5 Å². The Labute approximate surface area is 164 Å². The molecular weight excluding hydrogens is 354 g/mol. The van der Waals surface area contributed by atoms with Gasteiger partial charge in [-0.2, -0.15) is 0 Å². The fourth-order valence-corrected chi connectivity index (χ4v) is 3.22. The zero-order valence-electron chi connectivity index (χ0n) is 16.0. The molecule has 1 aromatic heterocycles. The van der Waals surface area contributed by atoms with Gasteiger partial charge in [-0.15, -0.1) is 0 Å². The zero-order chi connectivity index (χ0) is 19.5. The average molecular weight is 377 g/mol. The van der Waals surface area contributed by atoms with E-state index < -0.39 is 0 Å². The predicted molar refractivity (Wildman–Crippen MR) is 106 cm³/mol. The first-order chi connectivity index (χ1) is 13.6. The molecule has 28 heavy (non-hydrogen) atoms. The maximum absolute atomic E-state index is 12.6. The normalized spacial score (nSPS) is 13.8. The molecule has 1 amide bonds. The summed E-state index contributed by atoms with van der Waals surface area (Å²) in [5.41, 5.74) is 2.73. The van der Waals surface area contributed by atoms with Gasteiger partial charge in [0.05, 0.1) is 6.04 Å². The molecule has 0 bridgehead atoms. The first kappa shape index (κ1) is 18.1. The molecule has 0 spiro atoms. The van der Waals surface area contributed by atoms with Crippen molar-refractivity contribution < 1.29 is 14.3 Å². The molecule has 4 rings (SSSR count). The van der Waals surface area contributed by atoms with Crippen LogP contribution in [0.2, 0.25) is 0 Å². The van der Waals surface area contributed by atoms with Crippen molar-refractivity contribution in [3.05, 3.63) is 77.4 Å². The Morgan fingerprint density at radius 2 is 1.89 bits per heavy atom. The van der Waals surface area contributed by atoms with Crippen LogP contribution in [0.15, 0.2) is 54.9 Å². The molecule has 6 heteroatoms. The summed E-state index contributed by atoms with van der Waals surface area (Å²) in [5, 5.41) is 3.04. The molecule has 0 unspecified atom stereocenters. The highest BCUT2D eigenvalue weighted by Crippen LogP contribution is 2.32. The SMILES string of the molecule is Cc1nccn1Cc1ccc(C(=O)N[C@H](C)c2ccc3c(c2)OCCO3)cc1. The standard InChI is InChI=1S/C22H23N3O3/c1-15(19-7-8-20-21(13-19)28-12-11-27-20)24-22(26)18-5-3-17(4-6-18)14-25-10-9-23-16(25)2/h3-10,13,15H,11-12,14H2,1-2H3,(H,24,26)/t15-/m1/s1. The summed E-state index contributed by atoms with van der Waals surface area (Å²) in [7, 11) is 0. The molecule has 144 valence electrons. The van der Waals surface area contributed by atoms with Gasteiger partial charge in [0.15, 0.2) is 11.5 Å². The maximum atomic E-state index is 12.6. The number of nitrogens with zero attached hydrogens (tertiary/aromatic N) is 2. The number of hydrogen-bond acceptors (Lipinski definition) is 4. The summed E-state index contributed by atoms with van der Waals surface area (Å²) in [5.74, 6) is 2.34. The third-order valence-corrected chi connectivity index (χ3v) is 4.91. The second-order valence-electron chi connectivity index (χ2n) is 6.90. The van der Waals surface area contributed by atoms with Crippen LogP contribution in [0, 0.1) is 6.92 Å². The van der Waals surface area contributed by atoms with Gasteiger partial charge in [0.1, 0.15) is 19.0 Å². The molecular formula is C22H23N3O3. The molecule has 2 aromatic carbocycles. The van der Waals surface area contributed by atoms with E-state index >= 15 is 0 Å². The van der Waals surface area contributed by atoms with Gasteiger partial charge in [-0.25, -0.2) is 4.98 Å². The van der Waals surface area contributed by atoms with Crippen molar-refractivity contribution in [2.24, 2.45) is 0 Å². The number of benzene rings is 2. The Bertz CT molecular complexity index is 979. The van der Waals surface area contributed by atoms with E-state index in [1.807, 2.05) is 62.5 Å². The van der Waals surface area contributed by atoms with Crippen molar-refractivity contribution in [3.8, 4) is 11.5 Å². The molecule has 6 nitrogen and oxygen atoms in total. The van der Waals surface area contributed by atoms with Gasteiger partial charge < -0.3 is 19.4 Å². The number of carbonyl (C=O) groups is 1. The van der Waals surface area contributed by atoms with Crippen LogP contribution in [-0.2, 0) is 6.54 Å². The minimum Gasteiger partial charge on any atom is -0.486 e. The molecule has 2 heterocycles. The lowest BCUT2D eigenvalue weighted by atomic mass is 10.1. The van der Waals surface area contributed by atoms with E-state index in [1.54, 1.807) is 6.20 Å². The van der Waals surface area contributed by atoms with Gasteiger partial charge in [-0.05, 0) is 49.2 Å². The van der Waals surface area contributed by atoms with Gasteiger partial charge in [-0.3, -0.25) is 4.79 Å². The Balaban J connectivity index is 1.41. The molecule has 0 saturated carbocycles. The fourth-order valence-electron chi connectivity index (χ4n) is 3.22. The van der Waals surface area contributed by atoms with Crippen molar-refractivity contribution in [1.82, 2.24) is 14.9 Å². The lowest BCUT2D eigenvalue weighted by Crippen LogP contribution is -2.26. The van der Waals surface area contributed by atoms with Crippen molar-refractivity contribution in [3.63, 3.8) is 0 Å². The molecule has 0 saturated heterocycles. The van der Waals surface area contributed by atoms with Gasteiger partial charge >= 0.3 is 0 Å². The number of nitrogens with one attached hydrogen (secondary N) is 1. The number of aromatic nitrogens is 2. The topological polar surface area (TPSA) is 65.4 Å². The number of imidazole rings is 1. The smallest absolute Gasteiger partial charge is 0.251 e. The van der Waals surface area contributed by atoms with Crippen molar-refractivity contribution in [2.45, 2.75) is 26.4 Å². The highest BCUT2D eigenvalue weighted by molar-refractivity contribution is 5.94. The van der Waals surface area contributed by atoms with Gasteiger partial charge in [0.2, 0.25) is 0 Å². The van der Waals surface area contributed by atoms with Crippen LogP contribution < -0.4 is 14.8 Å². The Kier molecular flexibility index (Phi) is 5.02. The van der Waals surface area contributed by atoms with Crippen LogP contribution in [0.5, 0.6) is 11.5 Å². The van der Waals surface area contributed by atoms with E-state index in [2.05, 4.69) is 14.9 Å². The number of fused-ring (bicyclic) bond motifs is 1. The quantitative estimate of drug-likeness (QED) is 0.739. The van der Waals surface area contributed by atoms with Crippen molar-refractivity contribution in [2.75, 3.05) is 13.2 Å². The first-order valence-electron chi connectivity index (χ1n) is 9.37. The van der Waals surface area contributed by atoms with E-state index in [4.69, 9.17) is 9.47 Å². The van der Waals surface area contributed by atoms with E-state index in [9.17, 15) is 4.79 Å². The molecule has 1 aliphatic heterocycles. The Hall–Kier alpha value is -3.28. The predicted octanol–water partition coefficient (Wildman–Crippen LogP) is 3.50. The van der Waals surface area contributed by atoms with Crippen LogP contribution in [-0.4, -0.2) is 28.7 Å². The van der Waals surface area contributed by atoms with E-state index in [0.29, 0.717) is 18.8 Å². The first-order valence-corrected chi connectivity index (χ1v) is 9.37. The molecule has 0 fully saturated rings. The summed E-state index contributed by atoms with van der Waals surface area (Å²) < 4.78 is 13.2. The minimum absolute atomic E-state index is 0.104. The summed E-state index contributed by atoms with van der Waals surface area (Å²) in [4.78, 5) is 16.8. The summed E-state index contributed by atoms with van der Waals surface area (Å²) in [6, 6.07) is 13.3. The second-order valence-corrected chi connectivity index (χ2v) is 6.90. The zero-order valence-corrected chi connectivity index (χ0v) is 16.0. The minimum atomic E-state index is -0.142. The summed E-state index contributed by atoms with van der Waals surface area (Å²) in [6.45, 7) is 5.78. The van der Waals surface area contributed by atoms with E-state index in [-0.39, 0.29) is 11.9 Å². The van der Waals surface area contributed by atoms with Crippen LogP contribution in [0.3, 0.4) is 0 Å². The van der Waals surface area contributed by atoms with Crippen molar-refractivity contribution >= 4 is 5.91 Å².